The Morgan fingerprint density at radius 1 is 1.28 bits per heavy atom. The van der Waals surface area contributed by atoms with Crippen LogP contribution in [0.5, 0.6) is 0 Å². The minimum absolute atomic E-state index is 0.207. The van der Waals surface area contributed by atoms with Crippen molar-refractivity contribution in [2.45, 2.75) is 24.8 Å². The zero-order valence-electron chi connectivity index (χ0n) is 15.4. The minimum atomic E-state index is -1.11. The lowest BCUT2D eigenvalue weighted by Crippen LogP contribution is -2.47. The van der Waals surface area contributed by atoms with Gasteiger partial charge in [0.25, 0.3) is 5.91 Å². The predicted octanol–water partition coefficient (Wildman–Crippen LogP) is 2.93. The molecule has 2 aliphatic rings. The molecule has 1 aliphatic heterocycles. The number of nitrogens with one attached hydrogen (secondary N) is 2. The third kappa shape index (κ3) is 3.22. The van der Waals surface area contributed by atoms with E-state index < -0.39 is 29.9 Å². The first-order valence-corrected chi connectivity index (χ1v) is 9.54. The number of aryl methyl sites for hydroxylation is 1. The molecule has 0 aromatic heterocycles. The first kappa shape index (κ1) is 19.0. The molecular formula is C21H17ClN4O3. The lowest BCUT2D eigenvalue weighted by molar-refractivity contribution is -0.134. The van der Waals surface area contributed by atoms with Crippen molar-refractivity contribution in [1.29, 1.82) is 5.26 Å². The number of fused-ring (bicyclic) bond motifs is 2. The van der Waals surface area contributed by atoms with Crippen LogP contribution in [0, 0.1) is 11.3 Å². The summed E-state index contributed by atoms with van der Waals surface area (Å²) < 4.78 is 0. The zero-order valence-corrected chi connectivity index (χ0v) is 16.1. The molecule has 8 heteroatoms. The van der Waals surface area contributed by atoms with E-state index in [-0.39, 0.29) is 10.6 Å². The van der Waals surface area contributed by atoms with Gasteiger partial charge in [0.15, 0.2) is 0 Å². The average molecular weight is 409 g/mol. The van der Waals surface area contributed by atoms with E-state index in [2.05, 4.69) is 10.6 Å². The van der Waals surface area contributed by atoms with Crippen molar-refractivity contribution < 1.29 is 14.4 Å². The third-order valence-corrected chi connectivity index (χ3v) is 5.64. The summed E-state index contributed by atoms with van der Waals surface area (Å²) in [6.07, 6.45) is 2.12. The molecule has 2 N–H and O–H groups in total. The van der Waals surface area contributed by atoms with E-state index in [1.807, 2.05) is 30.3 Å². The molecule has 0 radical (unpaired) electrons. The summed E-state index contributed by atoms with van der Waals surface area (Å²) in [7, 11) is 0. The molecule has 1 fully saturated rings. The third-order valence-electron chi connectivity index (χ3n) is 5.33. The molecule has 146 valence electrons. The number of amides is 4. The van der Waals surface area contributed by atoms with Crippen LogP contribution >= 0.6 is 11.6 Å². The van der Waals surface area contributed by atoms with E-state index in [9.17, 15) is 14.4 Å². The molecule has 2 aromatic rings. The van der Waals surface area contributed by atoms with Crippen molar-refractivity contribution >= 4 is 35.1 Å². The molecule has 1 aliphatic carbocycles. The molecule has 4 rings (SSSR count). The van der Waals surface area contributed by atoms with Crippen molar-refractivity contribution in [2.24, 2.45) is 0 Å². The molecule has 7 nitrogen and oxygen atoms in total. The number of urea groups is 1. The standard InChI is InChI=1S/C21H17ClN4O3/c22-17-10-15(8-7-14(17)11-23)24-18(27)12-26-19(28)21(25-20(26)29)9-3-5-13-4-1-2-6-16(13)21/h1-2,4,6-8,10H,3,5,9,12H2,(H,24,27)(H,25,29). The fourth-order valence-corrected chi connectivity index (χ4v) is 4.21. The van der Waals surface area contributed by atoms with Crippen molar-refractivity contribution in [3.63, 3.8) is 0 Å². The Kier molecular flexibility index (Phi) is 4.73. The van der Waals surface area contributed by atoms with Crippen LogP contribution < -0.4 is 10.6 Å². The highest BCUT2D eigenvalue weighted by Crippen LogP contribution is 2.39. The van der Waals surface area contributed by atoms with Gasteiger partial charge in [0, 0.05) is 5.69 Å². The van der Waals surface area contributed by atoms with Crippen LogP contribution in [-0.2, 0) is 21.5 Å². The number of imide groups is 1. The van der Waals surface area contributed by atoms with Crippen molar-refractivity contribution in [3.05, 3.63) is 64.2 Å². The van der Waals surface area contributed by atoms with Gasteiger partial charge >= 0.3 is 6.03 Å². The second-order valence-corrected chi connectivity index (χ2v) is 7.50. The second kappa shape index (κ2) is 7.22. The van der Waals surface area contributed by atoms with E-state index in [1.54, 1.807) is 0 Å². The van der Waals surface area contributed by atoms with Crippen LogP contribution in [0.3, 0.4) is 0 Å². The minimum Gasteiger partial charge on any atom is -0.324 e. The van der Waals surface area contributed by atoms with Gasteiger partial charge in [-0.3, -0.25) is 14.5 Å². The van der Waals surface area contributed by atoms with E-state index in [0.717, 1.165) is 28.9 Å². The summed E-state index contributed by atoms with van der Waals surface area (Å²) in [4.78, 5) is 39.1. The number of hydrogen-bond acceptors (Lipinski definition) is 4. The molecule has 1 spiro atoms. The highest BCUT2D eigenvalue weighted by atomic mass is 35.5. The number of benzene rings is 2. The van der Waals surface area contributed by atoms with E-state index in [4.69, 9.17) is 16.9 Å². The SMILES string of the molecule is N#Cc1ccc(NC(=O)CN2C(=O)NC3(CCCc4ccccc43)C2=O)cc1Cl. The first-order chi connectivity index (χ1) is 13.9. The van der Waals surface area contributed by atoms with Crippen molar-refractivity contribution in [1.82, 2.24) is 10.2 Å². The predicted molar refractivity (Wildman–Crippen MR) is 106 cm³/mol. The van der Waals surface area contributed by atoms with Gasteiger partial charge < -0.3 is 10.6 Å². The average Bonchev–Trinajstić information content (AvgIpc) is 2.93. The number of nitriles is 1. The number of halogens is 1. The van der Waals surface area contributed by atoms with Gasteiger partial charge in [0.2, 0.25) is 5.91 Å². The Balaban J connectivity index is 1.53. The molecule has 2 aromatic carbocycles. The van der Waals surface area contributed by atoms with Crippen LogP contribution in [0.15, 0.2) is 42.5 Å². The molecule has 1 heterocycles. The van der Waals surface area contributed by atoms with E-state index in [0.29, 0.717) is 12.1 Å². The molecule has 0 saturated carbocycles. The number of carbonyl (C=O) groups is 3. The number of rotatable bonds is 3. The number of carbonyl (C=O) groups excluding carboxylic acids is 3. The zero-order chi connectivity index (χ0) is 20.6. The fraction of sp³-hybridized carbons (Fsp3) is 0.238. The van der Waals surface area contributed by atoms with Gasteiger partial charge in [-0.15, -0.1) is 0 Å². The van der Waals surface area contributed by atoms with E-state index >= 15 is 0 Å². The van der Waals surface area contributed by atoms with Crippen LogP contribution in [0.1, 0.15) is 29.5 Å². The number of hydrogen-bond donors (Lipinski definition) is 2. The van der Waals surface area contributed by atoms with Gasteiger partial charge in [0.1, 0.15) is 18.2 Å². The Hall–Kier alpha value is -3.37. The van der Waals surface area contributed by atoms with Gasteiger partial charge in [-0.25, -0.2) is 4.79 Å². The second-order valence-electron chi connectivity index (χ2n) is 7.09. The maximum Gasteiger partial charge on any atom is 0.325 e. The summed E-state index contributed by atoms with van der Waals surface area (Å²) in [5, 5.41) is 14.6. The van der Waals surface area contributed by atoms with Crippen LogP contribution in [0.25, 0.3) is 0 Å². The lowest BCUT2D eigenvalue weighted by atomic mass is 9.76. The maximum absolute atomic E-state index is 13.2. The molecule has 1 unspecified atom stereocenters. The summed E-state index contributed by atoms with van der Waals surface area (Å²) in [5.41, 5.74) is 1.39. The van der Waals surface area contributed by atoms with Gasteiger partial charge in [-0.1, -0.05) is 35.9 Å². The highest BCUT2D eigenvalue weighted by Gasteiger charge is 2.54. The maximum atomic E-state index is 13.2. The van der Waals surface area contributed by atoms with Gasteiger partial charge in [0.05, 0.1) is 10.6 Å². The van der Waals surface area contributed by atoms with Crippen molar-refractivity contribution in [2.75, 3.05) is 11.9 Å². The molecule has 29 heavy (non-hydrogen) atoms. The topological polar surface area (TPSA) is 102 Å². The summed E-state index contributed by atoms with van der Waals surface area (Å²) in [6.45, 7) is -0.411. The normalized spacial score (nSPS) is 20.2. The first-order valence-electron chi connectivity index (χ1n) is 9.16. The molecule has 4 amide bonds. The van der Waals surface area contributed by atoms with Gasteiger partial charge in [-0.2, -0.15) is 5.26 Å². The van der Waals surface area contributed by atoms with E-state index in [1.165, 1.54) is 18.2 Å². The number of nitrogens with zero attached hydrogens (tertiary/aromatic N) is 2. The van der Waals surface area contributed by atoms with Crippen LogP contribution in [0.4, 0.5) is 10.5 Å². The summed E-state index contributed by atoms with van der Waals surface area (Å²) in [5.74, 6) is -0.946. The van der Waals surface area contributed by atoms with Crippen molar-refractivity contribution in [3.8, 4) is 6.07 Å². The van der Waals surface area contributed by atoms with Crippen LogP contribution in [-0.4, -0.2) is 29.3 Å². The molecule has 1 saturated heterocycles. The smallest absolute Gasteiger partial charge is 0.324 e. The molecule has 1 atom stereocenters. The fourth-order valence-electron chi connectivity index (χ4n) is 3.98. The Morgan fingerprint density at radius 3 is 2.83 bits per heavy atom. The number of anilines is 1. The van der Waals surface area contributed by atoms with Gasteiger partial charge in [-0.05, 0) is 48.6 Å². The monoisotopic (exact) mass is 408 g/mol. The molecule has 0 bridgehead atoms. The highest BCUT2D eigenvalue weighted by molar-refractivity contribution is 6.32. The Labute approximate surface area is 172 Å². The van der Waals surface area contributed by atoms with Crippen LogP contribution in [0.2, 0.25) is 5.02 Å². The largest absolute Gasteiger partial charge is 0.325 e. The summed E-state index contributed by atoms with van der Waals surface area (Å²) >= 11 is 5.97. The Morgan fingerprint density at radius 2 is 2.07 bits per heavy atom. The quantitative estimate of drug-likeness (QED) is 0.762. The molecular weight excluding hydrogens is 392 g/mol. The Bertz CT molecular complexity index is 1080. The summed E-state index contributed by atoms with van der Waals surface area (Å²) in [6, 6.07) is 13.4. The lowest BCUT2D eigenvalue weighted by Gasteiger charge is -2.33.